The van der Waals surface area contributed by atoms with E-state index in [2.05, 4.69) is 20.8 Å². The lowest BCUT2D eigenvalue weighted by Gasteiger charge is -2.38. The largest absolute Gasteiger partial charge is 0.381 e. The van der Waals surface area contributed by atoms with Crippen molar-refractivity contribution in [2.24, 2.45) is 5.73 Å². The average molecular weight is 331 g/mol. The number of hydrogen-bond donors (Lipinski definition) is 1. The number of rotatable bonds is 4. The normalized spacial score (nSPS) is 24.6. The van der Waals surface area contributed by atoms with Crippen LogP contribution in [-0.4, -0.2) is 37.2 Å². The van der Waals surface area contributed by atoms with Gasteiger partial charge in [-0.3, -0.25) is 4.90 Å². The molecule has 1 aromatic rings. The van der Waals surface area contributed by atoms with Gasteiger partial charge in [0.1, 0.15) is 5.82 Å². The summed E-state index contributed by atoms with van der Waals surface area (Å²) in [4.78, 5) is 2.36. The molecule has 0 radical (unpaired) electrons. The van der Waals surface area contributed by atoms with Crippen LogP contribution in [0.5, 0.6) is 0 Å². The molecule has 1 aromatic carbocycles. The average Bonchev–Trinajstić information content (AvgIpc) is 2.43. The molecule has 2 N–H and O–H groups in total. The first kappa shape index (κ1) is 14.9. The van der Waals surface area contributed by atoms with Crippen LogP contribution < -0.4 is 5.73 Å². The molecule has 1 aliphatic heterocycles. The minimum atomic E-state index is -0.225. The van der Waals surface area contributed by atoms with E-state index in [0.717, 1.165) is 31.5 Å². The molecule has 1 saturated heterocycles. The van der Waals surface area contributed by atoms with E-state index in [0.29, 0.717) is 23.2 Å². The molecule has 0 aromatic heterocycles. The molecule has 19 heavy (non-hydrogen) atoms. The monoisotopic (exact) mass is 330 g/mol. The van der Waals surface area contributed by atoms with Gasteiger partial charge in [-0.05, 0) is 46.5 Å². The smallest absolute Gasteiger partial charge is 0.137 e. The van der Waals surface area contributed by atoms with Crippen molar-refractivity contribution in [3.05, 3.63) is 34.1 Å². The second-order valence-electron chi connectivity index (χ2n) is 4.99. The predicted molar refractivity (Wildman–Crippen MR) is 77.4 cm³/mol. The van der Waals surface area contributed by atoms with Crippen molar-refractivity contribution in [1.29, 1.82) is 0 Å². The van der Waals surface area contributed by atoms with Crippen LogP contribution in [0, 0.1) is 5.82 Å². The molecular weight excluding hydrogens is 311 g/mol. The van der Waals surface area contributed by atoms with E-state index >= 15 is 0 Å². The number of piperidine rings is 1. The van der Waals surface area contributed by atoms with Gasteiger partial charge >= 0.3 is 0 Å². The maximum absolute atomic E-state index is 13.2. The van der Waals surface area contributed by atoms with E-state index in [1.54, 1.807) is 7.11 Å². The summed E-state index contributed by atoms with van der Waals surface area (Å²) in [6.07, 6.45) is 2.30. The fourth-order valence-electron chi connectivity index (χ4n) is 2.60. The third-order valence-corrected chi connectivity index (χ3v) is 4.37. The summed E-state index contributed by atoms with van der Waals surface area (Å²) in [7, 11) is 1.75. The first-order valence-corrected chi connectivity index (χ1v) is 7.34. The molecule has 2 atom stereocenters. The highest BCUT2D eigenvalue weighted by Gasteiger charge is 2.27. The summed E-state index contributed by atoms with van der Waals surface area (Å²) in [6.45, 7) is 2.40. The Morgan fingerprint density at radius 2 is 2.32 bits per heavy atom. The summed E-state index contributed by atoms with van der Waals surface area (Å²) < 4.78 is 19.2. The SMILES string of the molecule is COC1CCN(Cc2ccc(F)c(Br)c2)C(CN)C1. The number of likely N-dealkylation sites (tertiary alicyclic amines) is 1. The Labute approximate surface area is 122 Å². The molecule has 0 aliphatic carbocycles. The van der Waals surface area contributed by atoms with E-state index in [1.165, 1.54) is 6.07 Å². The molecule has 2 rings (SSSR count). The van der Waals surface area contributed by atoms with Crippen molar-refractivity contribution in [2.75, 3.05) is 20.2 Å². The van der Waals surface area contributed by atoms with Crippen LogP contribution in [0.25, 0.3) is 0 Å². The molecule has 0 saturated carbocycles. The maximum atomic E-state index is 13.2. The van der Waals surface area contributed by atoms with Crippen molar-refractivity contribution in [3.8, 4) is 0 Å². The highest BCUT2D eigenvalue weighted by molar-refractivity contribution is 9.10. The van der Waals surface area contributed by atoms with Crippen LogP contribution in [-0.2, 0) is 11.3 Å². The second kappa shape index (κ2) is 6.79. The summed E-state index contributed by atoms with van der Waals surface area (Å²) in [5, 5.41) is 0. The maximum Gasteiger partial charge on any atom is 0.137 e. The highest BCUT2D eigenvalue weighted by atomic mass is 79.9. The quantitative estimate of drug-likeness (QED) is 0.921. The van der Waals surface area contributed by atoms with Crippen LogP contribution in [0.4, 0.5) is 4.39 Å². The van der Waals surface area contributed by atoms with Gasteiger partial charge in [0, 0.05) is 32.8 Å². The van der Waals surface area contributed by atoms with E-state index < -0.39 is 0 Å². The van der Waals surface area contributed by atoms with Crippen LogP contribution in [0.15, 0.2) is 22.7 Å². The van der Waals surface area contributed by atoms with Gasteiger partial charge in [0.25, 0.3) is 0 Å². The molecule has 0 bridgehead atoms. The number of methoxy groups -OCH3 is 1. The van der Waals surface area contributed by atoms with E-state index in [9.17, 15) is 4.39 Å². The highest BCUT2D eigenvalue weighted by Crippen LogP contribution is 2.23. The van der Waals surface area contributed by atoms with Crippen LogP contribution in [0.3, 0.4) is 0 Å². The Bertz CT molecular complexity index is 430. The fourth-order valence-corrected chi connectivity index (χ4v) is 3.03. The zero-order valence-corrected chi connectivity index (χ0v) is 12.7. The van der Waals surface area contributed by atoms with Gasteiger partial charge in [-0.1, -0.05) is 6.07 Å². The Balaban J connectivity index is 2.03. The van der Waals surface area contributed by atoms with Crippen molar-refractivity contribution in [1.82, 2.24) is 4.90 Å². The zero-order valence-electron chi connectivity index (χ0n) is 11.1. The molecule has 106 valence electrons. The van der Waals surface area contributed by atoms with Crippen LogP contribution >= 0.6 is 15.9 Å². The van der Waals surface area contributed by atoms with E-state index in [4.69, 9.17) is 10.5 Å². The van der Waals surface area contributed by atoms with Crippen molar-refractivity contribution in [2.45, 2.75) is 31.5 Å². The lowest BCUT2D eigenvalue weighted by molar-refractivity contribution is 0.0102. The van der Waals surface area contributed by atoms with Gasteiger partial charge in [-0.2, -0.15) is 0 Å². The summed E-state index contributed by atoms with van der Waals surface area (Å²) >= 11 is 3.23. The molecule has 2 unspecified atom stereocenters. The first-order valence-electron chi connectivity index (χ1n) is 6.55. The standard InChI is InChI=1S/C14H20BrFN2O/c1-19-12-4-5-18(11(7-12)8-17)9-10-2-3-14(16)13(15)6-10/h2-3,6,11-12H,4-5,7-9,17H2,1H3. The van der Waals surface area contributed by atoms with Crippen LogP contribution in [0.2, 0.25) is 0 Å². The summed E-state index contributed by atoms with van der Waals surface area (Å²) in [5.74, 6) is -0.225. The molecule has 5 heteroatoms. The van der Waals surface area contributed by atoms with Gasteiger partial charge in [0.05, 0.1) is 10.6 Å². The Morgan fingerprint density at radius 3 is 2.95 bits per heavy atom. The van der Waals surface area contributed by atoms with Gasteiger partial charge in [-0.15, -0.1) is 0 Å². The third kappa shape index (κ3) is 3.75. The molecular formula is C14H20BrFN2O. The second-order valence-corrected chi connectivity index (χ2v) is 5.84. The Morgan fingerprint density at radius 1 is 1.53 bits per heavy atom. The molecule has 3 nitrogen and oxygen atoms in total. The molecule has 0 spiro atoms. The Kier molecular flexibility index (Phi) is 5.33. The number of hydrogen-bond acceptors (Lipinski definition) is 3. The van der Waals surface area contributed by atoms with Crippen molar-refractivity contribution in [3.63, 3.8) is 0 Å². The number of halogens is 2. The molecule has 1 aliphatic rings. The summed E-state index contributed by atoms with van der Waals surface area (Å²) in [6, 6.07) is 5.50. The fraction of sp³-hybridized carbons (Fsp3) is 0.571. The number of ether oxygens (including phenoxy) is 1. The molecule has 0 amide bonds. The van der Waals surface area contributed by atoms with Crippen LogP contribution in [0.1, 0.15) is 18.4 Å². The zero-order chi connectivity index (χ0) is 13.8. The summed E-state index contributed by atoms with van der Waals surface area (Å²) in [5.41, 5.74) is 6.95. The Hall–Kier alpha value is -0.490. The van der Waals surface area contributed by atoms with Crippen molar-refractivity contribution < 1.29 is 9.13 Å². The predicted octanol–water partition coefficient (Wildman–Crippen LogP) is 2.53. The van der Waals surface area contributed by atoms with Gasteiger partial charge < -0.3 is 10.5 Å². The van der Waals surface area contributed by atoms with E-state index in [-0.39, 0.29) is 5.82 Å². The van der Waals surface area contributed by atoms with Gasteiger partial charge in [0.2, 0.25) is 0 Å². The number of nitrogens with zero attached hydrogens (tertiary/aromatic N) is 1. The van der Waals surface area contributed by atoms with Gasteiger partial charge in [-0.25, -0.2) is 4.39 Å². The molecule has 1 fully saturated rings. The first-order chi connectivity index (χ1) is 9.13. The van der Waals surface area contributed by atoms with Gasteiger partial charge in [0.15, 0.2) is 0 Å². The molecule has 1 heterocycles. The van der Waals surface area contributed by atoms with Crippen molar-refractivity contribution >= 4 is 15.9 Å². The minimum absolute atomic E-state index is 0.225. The number of nitrogens with two attached hydrogens (primary N) is 1. The topological polar surface area (TPSA) is 38.5 Å². The third-order valence-electron chi connectivity index (χ3n) is 3.76. The lowest BCUT2D eigenvalue weighted by atomic mass is 9.98. The van der Waals surface area contributed by atoms with E-state index in [1.807, 2.05) is 12.1 Å². The minimum Gasteiger partial charge on any atom is -0.381 e. The lowest BCUT2D eigenvalue weighted by Crippen LogP contribution is -2.47. The number of benzene rings is 1.